The van der Waals surface area contributed by atoms with Crippen molar-refractivity contribution in [1.82, 2.24) is 4.90 Å². The van der Waals surface area contributed by atoms with Crippen molar-refractivity contribution in [3.05, 3.63) is 35.1 Å². The van der Waals surface area contributed by atoms with E-state index in [9.17, 15) is 14.3 Å². The minimum Gasteiger partial charge on any atom is -0.388 e. The predicted molar refractivity (Wildman–Crippen MR) is 73.1 cm³/mol. The molecular weight excluding hydrogens is 261 g/mol. The van der Waals surface area contributed by atoms with Gasteiger partial charge < -0.3 is 14.7 Å². The van der Waals surface area contributed by atoms with Crippen molar-refractivity contribution in [1.29, 1.82) is 0 Å². The Morgan fingerprint density at radius 3 is 2.65 bits per heavy atom. The lowest BCUT2D eigenvalue weighted by molar-refractivity contribution is -0.0734. The molecule has 0 unspecified atom stereocenters. The van der Waals surface area contributed by atoms with Crippen LogP contribution in [0.2, 0.25) is 0 Å². The van der Waals surface area contributed by atoms with Gasteiger partial charge in [0.1, 0.15) is 5.82 Å². The molecule has 5 heteroatoms. The lowest BCUT2D eigenvalue weighted by atomic mass is 9.93. The van der Waals surface area contributed by atoms with Crippen molar-refractivity contribution >= 4 is 5.91 Å². The smallest absolute Gasteiger partial charge is 0.253 e. The molecule has 1 aliphatic rings. The molecule has 1 N–H and O–H groups in total. The van der Waals surface area contributed by atoms with Gasteiger partial charge in [0.05, 0.1) is 5.60 Å². The summed E-state index contributed by atoms with van der Waals surface area (Å²) in [6.07, 6.45) is 1.01. The Kier molecular flexibility index (Phi) is 4.40. The number of nitrogens with zero attached hydrogens (tertiary/aromatic N) is 1. The molecular formula is C15H20FNO3. The summed E-state index contributed by atoms with van der Waals surface area (Å²) in [6.45, 7) is 2.96. The summed E-state index contributed by atoms with van der Waals surface area (Å²) >= 11 is 0. The van der Waals surface area contributed by atoms with E-state index in [2.05, 4.69) is 0 Å². The van der Waals surface area contributed by atoms with Crippen molar-refractivity contribution in [2.24, 2.45) is 0 Å². The van der Waals surface area contributed by atoms with Crippen LogP contribution in [0, 0.1) is 12.7 Å². The average Bonchev–Trinajstić information content (AvgIpc) is 2.37. The predicted octanol–water partition coefficient (Wildman–Crippen LogP) is 1.75. The number of carbonyl (C=O) groups excluding carboxylic acids is 1. The van der Waals surface area contributed by atoms with Gasteiger partial charge in [0.25, 0.3) is 5.91 Å². The number of aliphatic hydroxyl groups is 1. The van der Waals surface area contributed by atoms with Gasteiger partial charge in [-0.05, 0) is 30.7 Å². The van der Waals surface area contributed by atoms with Crippen LogP contribution in [0.1, 0.15) is 28.8 Å². The fourth-order valence-electron chi connectivity index (χ4n) is 2.50. The molecule has 1 heterocycles. The van der Waals surface area contributed by atoms with Gasteiger partial charge in [-0.3, -0.25) is 4.79 Å². The molecule has 0 aromatic heterocycles. The second-order valence-electron chi connectivity index (χ2n) is 5.52. The Hall–Kier alpha value is -1.46. The molecule has 0 atom stereocenters. The molecule has 0 bridgehead atoms. The molecule has 20 heavy (non-hydrogen) atoms. The van der Waals surface area contributed by atoms with Gasteiger partial charge in [-0.2, -0.15) is 0 Å². The Morgan fingerprint density at radius 2 is 2.05 bits per heavy atom. The van der Waals surface area contributed by atoms with Gasteiger partial charge in [0.15, 0.2) is 0 Å². The van der Waals surface area contributed by atoms with Crippen LogP contribution in [0.15, 0.2) is 18.2 Å². The third-order valence-electron chi connectivity index (χ3n) is 3.59. The first-order chi connectivity index (χ1) is 9.39. The highest BCUT2D eigenvalue weighted by Crippen LogP contribution is 2.22. The first-order valence-corrected chi connectivity index (χ1v) is 6.72. The summed E-state index contributed by atoms with van der Waals surface area (Å²) in [5.41, 5.74) is 0.0950. The van der Waals surface area contributed by atoms with E-state index in [1.54, 1.807) is 20.0 Å². The minimum absolute atomic E-state index is 0.227. The first kappa shape index (κ1) is 14.9. The summed E-state index contributed by atoms with van der Waals surface area (Å²) < 4.78 is 18.6. The van der Waals surface area contributed by atoms with Crippen LogP contribution in [0.3, 0.4) is 0 Å². The molecule has 2 rings (SSSR count). The van der Waals surface area contributed by atoms with Crippen molar-refractivity contribution in [3.8, 4) is 0 Å². The Bertz CT molecular complexity index is 478. The van der Waals surface area contributed by atoms with Crippen LogP contribution in [0.5, 0.6) is 0 Å². The van der Waals surface area contributed by atoms with E-state index >= 15 is 0 Å². The van der Waals surface area contributed by atoms with Crippen molar-refractivity contribution < 1.29 is 19.0 Å². The third-order valence-corrected chi connectivity index (χ3v) is 3.59. The molecule has 0 aliphatic carbocycles. The summed E-state index contributed by atoms with van der Waals surface area (Å²) in [7, 11) is 1.62. The zero-order valence-electron chi connectivity index (χ0n) is 11.9. The summed E-state index contributed by atoms with van der Waals surface area (Å²) in [5.74, 6) is -0.709. The Labute approximate surface area is 118 Å². The maximum atomic E-state index is 13.3. The fourth-order valence-corrected chi connectivity index (χ4v) is 2.50. The van der Waals surface area contributed by atoms with Crippen molar-refractivity contribution in [2.75, 3.05) is 26.8 Å². The van der Waals surface area contributed by atoms with Gasteiger partial charge in [-0.15, -0.1) is 0 Å². The molecule has 0 saturated carbocycles. The number of rotatable bonds is 3. The average molecular weight is 281 g/mol. The molecule has 4 nitrogen and oxygen atoms in total. The molecule has 1 amide bonds. The zero-order valence-corrected chi connectivity index (χ0v) is 11.9. The minimum atomic E-state index is -0.912. The topological polar surface area (TPSA) is 49.8 Å². The number of aryl methyl sites for hydroxylation is 1. The fraction of sp³-hybridized carbons (Fsp3) is 0.533. The van der Waals surface area contributed by atoms with Gasteiger partial charge in [0, 0.05) is 45.2 Å². The van der Waals surface area contributed by atoms with Gasteiger partial charge >= 0.3 is 0 Å². The van der Waals surface area contributed by atoms with Crippen LogP contribution in [0.25, 0.3) is 0 Å². The molecule has 0 radical (unpaired) electrons. The highest BCUT2D eigenvalue weighted by Gasteiger charge is 2.32. The van der Waals surface area contributed by atoms with Crippen molar-refractivity contribution in [3.63, 3.8) is 0 Å². The SMILES string of the molecule is Cc1cc(F)cc(C(=O)N(C)CC2(O)CCOCC2)c1. The first-order valence-electron chi connectivity index (χ1n) is 6.72. The van der Waals surface area contributed by atoms with E-state index in [4.69, 9.17) is 4.74 Å². The third kappa shape index (κ3) is 3.55. The van der Waals surface area contributed by atoms with Crippen LogP contribution in [-0.4, -0.2) is 48.3 Å². The molecule has 110 valence electrons. The molecule has 1 aliphatic heterocycles. The van der Waals surface area contributed by atoms with Crippen molar-refractivity contribution in [2.45, 2.75) is 25.4 Å². The van der Waals surface area contributed by atoms with E-state index in [0.29, 0.717) is 37.2 Å². The monoisotopic (exact) mass is 281 g/mol. The Morgan fingerprint density at radius 1 is 1.40 bits per heavy atom. The number of halogens is 1. The van der Waals surface area contributed by atoms with Gasteiger partial charge in [0.2, 0.25) is 0 Å². The van der Waals surface area contributed by atoms with E-state index in [-0.39, 0.29) is 12.5 Å². The molecule has 0 spiro atoms. The normalized spacial score (nSPS) is 17.8. The van der Waals surface area contributed by atoms with Crippen LogP contribution in [0.4, 0.5) is 4.39 Å². The number of carbonyl (C=O) groups is 1. The maximum absolute atomic E-state index is 13.3. The zero-order chi connectivity index (χ0) is 14.8. The summed E-state index contributed by atoms with van der Waals surface area (Å²) in [6, 6.07) is 4.25. The number of amides is 1. The molecule has 1 aromatic rings. The van der Waals surface area contributed by atoms with Gasteiger partial charge in [-0.25, -0.2) is 4.39 Å². The molecule has 1 aromatic carbocycles. The standard InChI is InChI=1S/C15H20FNO3/c1-11-7-12(9-13(16)8-11)14(18)17(2)10-15(19)3-5-20-6-4-15/h7-9,19H,3-6,10H2,1-2H3. The molecule has 1 fully saturated rings. The highest BCUT2D eigenvalue weighted by molar-refractivity contribution is 5.94. The lowest BCUT2D eigenvalue weighted by Crippen LogP contribution is -2.47. The number of benzene rings is 1. The summed E-state index contributed by atoms with van der Waals surface area (Å²) in [5, 5.41) is 10.4. The number of hydrogen-bond donors (Lipinski definition) is 1. The molecule has 1 saturated heterocycles. The number of ether oxygens (including phenoxy) is 1. The summed E-state index contributed by atoms with van der Waals surface area (Å²) in [4.78, 5) is 13.7. The van der Waals surface area contributed by atoms with Crippen LogP contribution < -0.4 is 0 Å². The number of likely N-dealkylation sites (N-methyl/N-ethyl adjacent to an activating group) is 1. The van der Waals surface area contributed by atoms with E-state index in [0.717, 1.165) is 0 Å². The van der Waals surface area contributed by atoms with Crippen LogP contribution >= 0.6 is 0 Å². The largest absolute Gasteiger partial charge is 0.388 e. The Balaban J connectivity index is 2.08. The van der Waals surface area contributed by atoms with Crippen LogP contribution in [-0.2, 0) is 4.74 Å². The quantitative estimate of drug-likeness (QED) is 0.918. The van der Waals surface area contributed by atoms with E-state index in [1.807, 2.05) is 0 Å². The van der Waals surface area contributed by atoms with Gasteiger partial charge in [-0.1, -0.05) is 0 Å². The second kappa shape index (κ2) is 5.89. The number of hydrogen-bond acceptors (Lipinski definition) is 3. The second-order valence-corrected chi connectivity index (χ2v) is 5.52. The van der Waals surface area contributed by atoms with E-state index < -0.39 is 11.4 Å². The highest BCUT2D eigenvalue weighted by atomic mass is 19.1. The lowest BCUT2D eigenvalue weighted by Gasteiger charge is -2.35. The van der Waals surface area contributed by atoms with E-state index in [1.165, 1.54) is 17.0 Å². The maximum Gasteiger partial charge on any atom is 0.253 e.